The molecule has 98 valence electrons. The van der Waals surface area contributed by atoms with Crippen LogP contribution in [0.1, 0.15) is 37.0 Å². The van der Waals surface area contributed by atoms with E-state index >= 15 is 0 Å². The third kappa shape index (κ3) is 2.75. The van der Waals surface area contributed by atoms with Crippen molar-refractivity contribution in [1.29, 1.82) is 0 Å². The summed E-state index contributed by atoms with van der Waals surface area (Å²) < 4.78 is 0. The van der Waals surface area contributed by atoms with Crippen LogP contribution in [0.5, 0.6) is 0 Å². The number of aromatic nitrogens is 1. The number of aromatic amines is 1. The van der Waals surface area contributed by atoms with Crippen LogP contribution >= 0.6 is 0 Å². The number of benzene rings is 1. The molecule has 1 aromatic heterocycles. The lowest BCUT2D eigenvalue weighted by atomic mass is 10.0. The Hall–Kier alpha value is -1.28. The van der Waals surface area contributed by atoms with Crippen LogP contribution < -0.4 is 5.32 Å². The minimum atomic E-state index is 0.581. The van der Waals surface area contributed by atoms with Crippen LogP contribution in [-0.4, -0.2) is 17.6 Å². The number of rotatable bonds is 5. The fraction of sp³-hybridized carbons (Fsp3) is 0.500. The van der Waals surface area contributed by atoms with Gasteiger partial charge in [-0.1, -0.05) is 26.0 Å². The highest BCUT2D eigenvalue weighted by Crippen LogP contribution is 2.25. The molecular weight excluding hydrogens is 220 g/mol. The van der Waals surface area contributed by atoms with Gasteiger partial charge in [0.2, 0.25) is 0 Å². The van der Waals surface area contributed by atoms with E-state index in [1.807, 2.05) is 0 Å². The lowest BCUT2D eigenvalue weighted by molar-refractivity contribution is 0.571. The van der Waals surface area contributed by atoms with Crippen LogP contribution in [0.4, 0.5) is 0 Å². The highest BCUT2D eigenvalue weighted by Gasteiger charge is 2.08. The quantitative estimate of drug-likeness (QED) is 0.771. The number of hydrogen-bond donors (Lipinski definition) is 2. The molecule has 0 spiro atoms. The van der Waals surface area contributed by atoms with Crippen LogP contribution in [0, 0.1) is 13.8 Å². The summed E-state index contributed by atoms with van der Waals surface area (Å²) in [6, 6.07) is 5.00. The number of aryl methyl sites for hydroxylation is 3. The molecule has 2 nitrogen and oxygen atoms in total. The van der Waals surface area contributed by atoms with Gasteiger partial charge >= 0.3 is 0 Å². The van der Waals surface area contributed by atoms with Gasteiger partial charge in [0.05, 0.1) is 0 Å². The first-order valence-electron chi connectivity index (χ1n) is 6.89. The van der Waals surface area contributed by atoms with Crippen molar-refractivity contribution in [2.75, 3.05) is 6.54 Å². The smallest absolute Gasteiger partial charge is 0.0489 e. The summed E-state index contributed by atoms with van der Waals surface area (Å²) in [4.78, 5) is 3.43. The Morgan fingerprint density at radius 3 is 2.61 bits per heavy atom. The van der Waals surface area contributed by atoms with Crippen molar-refractivity contribution in [3.63, 3.8) is 0 Å². The van der Waals surface area contributed by atoms with Crippen LogP contribution in [0.3, 0.4) is 0 Å². The molecule has 1 heterocycles. The molecule has 2 heteroatoms. The van der Waals surface area contributed by atoms with Crippen molar-refractivity contribution < 1.29 is 0 Å². The van der Waals surface area contributed by atoms with Gasteiger partial charge in [-0.05, 0) is 49.9 Å². The van der Waals surface area contributed by atoms with E-state index in [9.17, 15) is 0 Å². The summed E-state index contributed by atoms with van der Waals surface area (Å²) in [6.07, 6.45) is 4.52. The minimum Gasteiger partial charge on any atom is -0.361 e. The first-order chi connectivity index (χ1) is 8.59. The van der Waals surface area contributed by atoms with Crippen molar-refractivity contribution >= 4 is 10.9 Å². The third-order valence-electron chi connectivity index (χ3n) is 3.51. The molecule has 0 amide bonds. The molecule has 0 saturated carbocycles. The van der Waals surface area contributed by atoms with Gasteiger partial charge in [-0.25, -0.2) is 0 Å². The fourth-order valence-electron chi connectivity index (χ4n) is 2.51. The van der Waals surface area contributed by atoms with E-state index in [0.717, 1.165) is 13.0 Å². The van der Waals surface area contributed by atoms with Gasteiger partial charge in [0.1, 0.15) is 0 Å². The Labute approximate surface area is 110 Å². The molecule has 18 heavy (non-hydrogen) atoms. The predicted molar refractivity (Wildman–Crippen MR) is 79.2 cm³/mol. The first-order valence-corrected chi connectivity index (χ1v) is 6.89. The van der Waals surface area contributed by atoms with Crippen molar-refractivity contribution in [3.05, 3.63) is 35.0 Å². The second-order valence-corrected chi connectivity index (χ2v) is 5.48. The molecule has 2 aromatic rings. The molecule has 0 bridgehead atoms. The topological polar surface area (TPSA) is 27.8 Å². The van der Waals surface area contributed by atoms with Crippen molar-refractivity contribution in [1.82, 2.24) is 10.3 Å². The largest absolute Gasteiger partial charge is 0.361 e. The Kier molecular flexibility index (Phi) is 4.07. The van der Waals surface area contributed by atoms with Gasteiger partial charge in [0, 0.05) is 23.1 Å². The van der Waals surface area contributed by atoms with Gasteiger partial charge in [0.25, 0.3) is 0 Å². The normalized spacial score (nSPS) is 11.6. The zero-order chi connectivity index (χ0) is 13.1. The van der Waals surface area contributed by atoms with E-state index in [1.54, 1.807) is 0 Å². The van der Waals surface area contributed by atoms with E-state index in [0.29, 0.717) is 6.04 Å². The maximum atomic E-state index is 3.47. The zero-order valence-corrected chi connectivity index (χ0v) is 11.9. The molecule has 0 fully saturated rings. The molecule has 1 aromatic carbocycles. The highest BCUT2D eigenvalue weighted by molar-refractivity contribution is 5.88. The summed E-state index contributed by atoms with van der Waals surface area (Å²) in [5.74, 6) is 0. The summed E-state index contributed by atoms with van der Waals surface area (Å²) >= 11 is 0. The van der Waals surface area contributed by atoms with Crippen LogP contribution in [0.2, 0.25) is 0 Å². The monoisotopic (exact) mass is 244 g/mol. The standard InChI is InChI=1S/C16H24N2/c1-11(2)17-9-5-6-14-10-18-16-13(4)8-7-12(3)15(14)16/h7-8,10-11,17-18H,5-6,9H2,1-4H3. The lowest BCUT2D eigenvalue weighted by Crippen LogP contribution is -2.23. The summed E-state index contributed by atoms with van der Waals surface area (Å²) in [6.45, 7) is 9.85. The van der Waals surface area contributed by atoms with E-state index < -0.39 is 0 Å². The molecule has 0 atom stereocenters. The van der Waals surface area contributed by atoms with Crippen molar-refractivity contribution in [2.24, 2.45) is 0 Å². The highest BCUT2D eigenvalue weighted by atomic mass is 14.9. The Morgan fingerprint density at radius 1 is 1.17 bits per heavy atom. The van der Waals surface area contributed by atoms with Crippen molar-refractivity contribution in [3.8, 4) is 0 Å². The molecule has 0 aliphatic rings. The van der Waals surface area contributed by atoms with Gasteiger partial charge in [-0.2, -0.15) is 0 Å². The number of H-pyrrole nitrogens is 1. The lowest BCUT2D eigenvalue weighted by Gasteiger charge is -2.08. The van der Waals surface area contributed by atoms with Gasteiger partial charge in [0.15, 0.2) is 0 Å². The number of hydrogen-bond acceptors (Lipinski definition) is 1. The molecule has 2 rings (SSSR count). The Balaban J connectivity index is 2.12. The number of fused-ring (bicyclic) bond motifs is 1. The van der Waals surface area contributed by atoms with Crippen LogP contribution in [0.25, 0.3) is 10.9 Å². The second-order valence-electron chi connectivity index (χ2n) is 5.48. The molecule has 0 saturated heterocycles. The van der Waals surface area contributed by atoms with Gasteiger partial charge < -0.3 is 10.3 Å². The maximum Gasteiger partial charge on any atom is 0.0489 e. The molecule has 0 radical (unpaired) electrons. The summed E-state index contributed by atoms with van der Waals surface area (Å²) in [7, 11) is 0. The maximum absolute atomic E-state index is 3.47. The fourth-order valence-corrected chi connectivity index (χ4v) is 2.51. The zero-order valence-electron chi connectivity index (χ0n) is 11.9. The minimum absolute atomic E-state index is 0.581. The Bertz CT molecular complexity index is 523. The van der Waals surface area contributed by atoms with Crippen molar-refractivity contribution in [2.45, 2.75) is 46.6 Å². The molecule has 0 aliphatic heterocycles. The van der Waals surface area contributed by atoms with E-state index in [4.69, 9.17) is 0 Å². The average Bonchev–Trinajstić information content (AvgIpc) is 2.74. The van der Waals surface area contributed by atoms with Gasteiger partial charge in [-0.15, -0.1) is 0 Å². The molecule has 0 aliphatic carbocycles. The SMILES string of the molecule is Cc1ccc(C)c2c(CCCNC(C)C)c[nH]c12. The predicted octanol–water partition coefficient (Wildman–Crippen LogP) is 3.72. The molecule has 0 unspecified atom stereocenters. The Morgan fingerprint density at radius 2 is 1.89 bits per heavy atom. The van der Waals surface area contributed by atoms with Gasteiger partial charge in [-0.3, -0.25) is 0 Å². The summed E-state index contributed by atoms with van der Waals surface area (Å²) in [5.41, 5.74) is 5.48. The van der Waals surface area contributed by atoms with Crippen LogP contribution in [0.15, 0.2) is 18.3 Å². The molecule has 2 N–H and O–H groups in total. The van der Waals surface area contributed by atoms with E-state index in [-0.39, 0.29) is 0 Å². The third-order valence-corrected chi connectivity index (χ3v) is 3.51. The molecular formula is C16H24N2. The first kappa shape index (κ1) is 13.2. The van der Waals surface area contributed by atoms with Crippen LogP contribution in [-0.2, 0) is 6.42 Å². The second kappa shape index (κ2) is 5.57. The summed E-state index contributed by atoms with van der Waals surface area (Å²) in [5, 5.41) is 4.90. The van der Waals surface area contributed by atoms with E-state index in [2.05, 4.69) is 56.3 Å². The van der Waals surface area contributed by atoms with E-state index in [1.165, 1.54) is 34.0 Å². The number of nitrogens with one attached hydrogen (secondary N) is 2. The average molecular weight is 244 g/mol.